The lowest BCUT2D eigenvalue weighted by Gasteiger charge is -2.09. The first kappa shape index (κ1) is 27.0. The van der Waals surface area contributed by atoms with E-state index in [-0.39, 0.29) is 0 Å². The molecule has 0 aliphatic carbocycles. The number of aromatic nitrogens is 3. The second-order valence-electron chi connectivity index (χ2n) is 11.7. The molecule has 0 radical (unpaired) electrons. The van der Waals surface area contributed by atoms with Crippen LogP contribution in [-0.2, 0) is 0 Å². The van der Waals surface area contributed by atoms with Crippen LogP contribution in [0.5, 0.6) is 0 Å². The Hall–Kier alpha value is -6.39. The molecule has 0 aliphatic rings. The van der Waals surface area contributed by atoms with E-state index in [4.69, 9.17) is 19.4 Å². The van der Waals surface area contributed by atoms with E-state index in [0.717, 1.165) is 55.3 Å². The molecule has 0 amide bonds. The summed E-state index contributed by atoms with van der Waals surface area (Å²) in [6.07, 6.45) is 0. The van der Waals surface area contributed by atoms with Crippen LogP contribution in [0.4, 0.5) is 0 Å². The van der Waals surface area contributed by atoms with Crippen LogP contribution in [0.2, 0.25) is 0 Å². The number of benzene rings is 7. The molecule has 0 atom stereocenters. The molecule has 0 N–H and O–H groups in total. The van der Waals surface area contributed by atoms with Gasteiger partial charge in [-0.15, -0.1) is 0 Å². The van der Waals surface area contributed by atoms with Crippen molar-refractivity contribution in [2.75, 3.05) is 0 Å². The molecule has 2 heterocycles. The van der Waals surface area contributed by atoms with Gasteiger partial charge in [0.2, 0.25) is 0 Å². The standard InChI is InChI=1S/C43H27N3O/c1-3-11-28(12-4-1)31-17-9-18-33(25-31)42-44-41(30-14-5-2-6-15-30)45-43(46-42)34-21-23-37-38-26-32(22-24-39(38)47-40(37)27-34)36-20-10-16-29-13-7-8-19-35(29)36/h1-27H. The van der Waals surface area contributed by atoms with Crippen LogP contribution in [0.15, 0.2) is 168 Å². The maximum atomic E-state index is 6.42. The average molecular weight is 602 g/mol. The molecule has 7 aromatic carbocycles. The SMILES string of the molecule is c1ccc(-c2cccc(-c3nc(-c4ccccc4)nc(-c4ccc5c(c4)oc4ccc(-c6cccc7ccccc67)cc45)n3)c2)cc1. The molecular formula is C43H27N3O. The predicted molar refractivity (Wildman–Crippen MR) is 192 cm³/mol. The predicted octanol–water partition coefficient (Wildman–Crippen LogP) is 11.3. The second-order valence-corrected chi connectivity index (χ2v) is 11.7. The van der Waals surface area contributed by atoms with Gasteiger partial charge in [-0.3, -0.25) is 0 Å². The molecule has 4 nitrogen and oxygen atoms in total. The minimum atomic E-state index is 0.595. The molecule has 47 heavy (non-hydrogen) atoms. The van der Waals surface area contributed by atoms with E-state index in [1.54, 1.807) is 0 Å². The topological polar surface area (TPSA) is 51.8 Å². The lowest BCUT2D eigenvalue weighted by atomic mass is 9.97. The van der Waals surface area contributed by atoms with Crippen LogP contribution in [0, 0.1) is 0 Å². The quantitative estimate of drug-likeness (QED) is 0.197. The van der Waals surface area contributed by atoms with E-state index in [9.17, 15) is 0 Å². The fourth-order valence-corrected chi connectivity index (χ4v) is 6.38. The molecule has 0 bridgehead atoms. The van der Waals surface area contributed by atoms with Crippen LogP contribution < -0.4 is 0 Å². The van der Waals surface area contributed by atoms with Gasteiger partial charge in [0, 0.05) is 27.5 Å². The maximum absolute atomic E-state index is 6.42. The Kier molecular flexibility index (Phi) is 6.43. The number of rotatable bonds is 5. The summed E-state index contributed by atoms with van der Waals surface area (Å²) >= 11 is 0. The highest BCUT2D eigenvalue weighted by Crippen LogP contribution is 2.37. The highest BCUT2D eigenvalue weighted by atomic mass is 16.3. The fraction of sp³-hybridized carbons (Fsp3) is 0. The van der Waals surface area contributed by atoms with Gasteiger partial charge in [-0.2, -0.15) is 0 Å². The van der Waals surface area contributed by atoms with Gasteiger partial charge in [-0.05, 0) is 63.4 Å². The van der Waals surface area contributed by atoms with Gasteiger partial charge in [0.1, 0.15) is 11.2 Å². The smallest absolute Gasteiger partial charge is 0.164 e. The summed E-state index contributed by atoms with van der Waals surface area (Å²) in [6, 6.07) is 56.4. The Labute approximate surface area is 271 Å². The zero-order valence-corrected chi connectivity index (χ0v) is 25.3. The van der Waals surface area contributed by atoms with Crippen LogP contribution in [-0.4, -0.2) is 15.0 Å². The molecule has 0 saturated heterocycles. The molecule has 0 unspecified atom stereocenters. The minimum Gasteiger partial charge on any atom is -0.456 e. The van der Waals surface area contributed by atoms with Crippen molar-refractivity contribution in [3.05, 3.63) is 164 Å². The summed E-state index contributed by atoms with van der Waals surface area (Å²) in [5, 5.41) is 4.60. The van der Waals surface area contributed by atoms with Crippen molar-refractivity contribution in [1.29, 1.82) is 0 Å². The molecule has 220 valence electrons. The number of nitrogens with zero attached hydrogens (tertiary/aromatic N) is 3. The van der Waals surface area contributed by atoms with Gasteiger partial charge in [0.15, 0.2) is 17.5 Å². The lowest BCUT2D eigenvalue weighted by Crippen LogP contribution is -2.00. The first-order valence-electron chi connectivity index (χ1n) is 15.7. The third-order valence-corrected chi connectivity index (χ3v) is 8.73. The highest BCUT2D eigenvalue weighted by molar-refractivity contribution is 6.08. The van der Waals surface area contributed by atoms with Gasteiger partial charge in [0.05, 0.1) is 0 Å². The van der Waals surface area contributed by atoms with Crippen LogP contribution >= 0.6 is 0 Å². The van der Waals surface area contributed by atoms with Gasteiger partial charge in [-0.25, -0.2) is 15.0 Å². The van der Waals surface area contributed by atoms with Crippen molar-refractivity contribution < 1.29 is 4.42 Å². The minimum absolute atomic E-state index is 0.595. The zero-order valence-electron chi connectivity index (χ0n) is 25.3. The van der Waals surface area contributed by atoms with Gasteiger partial charge < -0.3 is 4.42 Å². The molecule has 0 aliphatic heterocycles. The van der Waals surface area contributed by atoms with E-state index in [1.165, 1.54) is 16.3 Å². The summed E-state index contributed by atoms with van der Waals surface area (Å²) in [5.74, 6) is 1.84. The van der Waals surface area contributed by atoms with Crippen molar-refractivity contribution in [2.24, 2.45) is 0 Å². The molecule has 9 aromatic rings. The number of fused-ring (bicyclic) bond motifs is 4. The Balaban J connectivity index is 1.17. The summed E-state index contributed by atoms with van der Waals surface area (Å²) in [4.78, 5) is 14.9. The number of hydrogen-bond acceptors (Lipinski definition) is 4. The average Bonchev–Trinajstić information content (AvgIpc) is 3.52. The Morgan fingerprint density at radius 3 is 1.72 bits per heavy atom. The third kappa shape index (κ3) is 4.93. The largest absolute Gasteiger partial charge is 0.456 e. The Morgan fingerprint density at radius 1 is 0.319 bits per heavy atom. The molecule has 0 spiro atoms. The van der Waals surface area contributed by atoms with Gasteiger partial charge >= 0.3 is 0 Å². The first-order valence-corrected chi connectivity index (χ1v) is 15.7. The van der Waals surface area contributed by atoms with Crippen LogP contribution in [0.25, 0.3) is 89.1 Å². The molecule has 9 rings (SSSR count). The zero-order chi connectivity index (χ0) is 31.2. The van der Waals surface area contributed by atoms with Gasteiger partial charge in [-0.1, -0.05) is 133 Å². The molecule has 2 aromatic heterocycles. The van der Waals surface area contributed by atoms with E-state index in [2.05, 4.69) is 121 Å². The Bertz CT molecular complexity index is 2570. The van der Waals surface area contributed by atoms with Gasteiger partial charge in [0.25, 0.3) is 0 Å². The monoisotopic (exact) mass is 601 g/mol. The van der Waals surface area contributed by atoms with Crippen molar-refractivity contribution in [3.8, 4) is 56.4 Å². The van der Waals surface area contributed by atoms with E-state index in [1.807, 2.05) is 42.5 Å². The van der Waals surface area contributed by atoms with Crippen molar-refractivity contribution in [1.82, 2.24) is 15.0 Å². The fourth-order valence-electron chi connectivity index (χ4n) is 6.38. The molecule has 0 saturated carbocycles. The van der Waals surface area contributed by atoms with Crippen molar-refractivity contribution in [3.63, 3.8) is 0 Å². The lowest BCUT2D eigenvalue weighted by molar-refractivity contribution is 0.669. The number of hydrogen-bond donors (Lipinski definition) is 0. The second kappa shape index (κ2) is 11.2. The summed E-state index contributed by atoms with van der Waals surface area (Å²) < 4.78 is 6.42. The van der Waals surface area contributed by atoms with Crippen molar-refractivity contribution >= 4 is 32.7 Å². The highest BCUT2D eigenvalue weighted by Gasteiger charge is 2.16. The maximum Gasteiger partial charge on any atom is 0.164 e. The molecule has 4 heteroatoms. The number of furan rings is 1. The van der Waals surface area contributed by atoms with E-state index >= 15 is 0 Å². The van der Waals surface area contributed by atoms with Crippen LogP contribution in [0.3, 0.4) is 0 Å². The summed E-state index contributed by atoms with van der Waals surface area (Å²) in [6.45, 7) is 0. The van der Waals surface area contributed by atoms with E-state index in [0.29, 0.717) is 17.5 Å². The van der Waals surface area contributed by atoms with E-state index < -0.39 is 0 Å². The molecular weight excluding hydrogens is 574 g/mol. The van der Waals surface area contributed by atoms with Crippen LogP contribution in [0.1, 0.15) is 0 Å². The summed E-state index contributed by atoms with van der Waals surface area (Å²) in [5.41, 5.74) is 8.99. The summed E-state index contributed by atoms with van der Waals surface area (Å²) in [7, 11) is 0. The normalized spacial score (nSPS) is 11.4. The van der Waals surface area contributed by atoms with Crippen molar-refractivity contribution in [2.45, 2.75) is 0 Å². The third-order valence-electron chi connectivity index (χ3n) is 8.73. The Morgan fingerprint density at radius 2 is 0.915 bits per heavy atom. The molecule has 0 fully saturated rings. The first-order chi connectivity index (χ1) is 23.3.